The molecular weight excluding hydrogens is 208 g/mol. The summed E-state index contributed by atoms with van der Waals surface area (Å²) in [6.07, 6.45) is 3.22. The number of rotatable bonds is 1. The number of aromatic nitrogens is 4. The first-order valence-electron chi connectivity index (χ1n) is 4.77. The Kier molecular flexibility index (Phi) is 1.73. The van der Waals surface area contributed by atoms with Crippen molar-refractivity contribution < 1.29 is 4.79 Å². The molecule has 3 rings (SSSR count). The average Bonchev–Trinajstić information content (AvgIpc) is 2.84. The van der Waals surface area contributed by atoms with Crippen molar-refractivity contribution >= 4 is 28.6 Å². The normalized spacial score (nSPS) is 15.9. The minimum atomic E-state index is -0.0906. The lowest BCUT2D eigenvalue weighted by Crippen LogP contribution is -2.21. The highest BCUT2D eigenvalue weighted by molar-refractivity contribution is 6.13. The van der Waals surface area contributed by atoms with E-state index in [1.807, 2.05) is 6.92 Å². The Morgan fingerprint density at radius 1 is 1.38 bits per heavy atom. The Labute approximate surface area is 90.2 Å². The highest BCUT2D eigenvalue weighted by atomic mass is 16.2. The second kappa shape index (κ2) is 3.09. The number of nitrogens with one attached hydrogen (secondary N) is 1. The number of amides is 1. The van der Waals surface area contributed by atoms with E-state index >= 15 is 0 Å². The number of H-pyrrole nitrogens is 1. The molecule has 0 fully saturated rings. The number of imidazole rings is 1. The first kappa shape index (κ1) is 8.96. The topological polar surface area (TPSA) is 87.1 Å². The molecule has 0 bridgehead atoms. The van der Waals surface area contributed by atoms with Crippen LogP contribution in [0.15, 0.2) is 17.8 Å². The zero-order valence-electron chi connectivity index (χ0n) is 8.51. The summed E-state index contributed by atoms with van der Waals surface area (Å²) in [4.78, 5) is 26.6. The molecule has 16 heavy (non-hydrogen) atoms. The van der Waals surface area contributed by atoms with Crippen LogP contribution in [-0.4, -0.2) is 31.6 Å². The van der Waals surface area contributed by atoms with E-state index < -0.39 is 0 Å². The van der Waals surface area contributed by atoms with Gasteiger partial charge in [-0.1, -0.05) is 0 Å². The summed E-state index contributed by atoms with van der Waals surface area (Å²) in [5.41, 5.74) is 1.92. The van der Waals surface area contributed by atoms with Gasteiger partial charge in [0.05, 0.1) is 12.7 Å². The van der Waals surface area contributed by atoms with Gasteiger partial charge < -0.3 is 4.98 Å². The lowest BCUT2D eigenvalue weighted by atomic mass is 10.3. The fraction of sp³-hybridized carbons (Fsp3) is 0.222. The van der Waals surface area contributed by atoms with Crippen molar-refractivity contribution in [2.75, 3.05) is 5.01 Å². The van der Waals surface area contributed by atoms with Crippen LogP contribution in [0.25, 0.3) is 11.2 Å². The summed E-state index contributed by atoms with van der Waals surface area (Å²) in [5, 5.41) is 5.42. The Balaban J connectivity index is 2.19. The third kappa shape index (κ3) is 1.18. The molecule has 0 saturated carbocycles. The van der Waals surface area contributed by atoms with Gasteiger partial charge in [-0.25, -0.2) is 15.0 Å². The number of hydrogen-bond acceptors (Lipinski definition) is 5. The third-order valence-electron chi connectivity index (χ3n) is 2.32. The molecule has 0 unspecified atom stereocenters. The lowest BCUT2D eigenvalue weighted by molar-refractivity contribution is -0.116. The van der Waals surface area contributed by atoms with Gasteiger partial charge in [0, 0.05) is 5.71 Å². The molecule has 80 valence electrons. The molecule has 2 aromatic rings. The van der Waals surface area contributed by atoms with E-state index in [0.717, 1.165) is 5.71 Å². The van der Waals surface area contributed by atoms with Crippen molar-refractivity contribution in [2.24, 2.45) is 5.10 Å². The van der Waals surface area contributed by atoms with Crippen LogP contribution in [0.3, 0.4) is 0 Å². The fourth-order valence-electron chi connectivity index (χ4n) is 1.63. The van der Waals surface area contributed by atoms with Gasteiger partial charge in [0.1, 0.15) is 11.8 Å². The van der Waals surface area contributed by atoms with Gasteiger partial charge >= 0.3 is 0 Å². The summed E-state index contributed by atoms with van der Waals surface area (Å²) in [6, 6.07) is 0. The maximum atomic E-state index is 11.7. The predicted octanol–water partition coefficient (Wildman–Crippen LogP) is 0.465. The predicted molar refractivity (Wildman–Crippen MR) is 56.9 cm³/mol. The molecule has 0 aliphatic carbocycles. The van der Waals surface area contributed by atoms with Crippen molar-refractivity contribution in [1.82, 2.24) is 19.9 Å². The standard InChI is InChI=1S/C9H8N6O/c1-5-2-6(16)15(14-5)9-7-8(11-3-10-7)12-4-13-9/h3-4H,2H2,1H3,(H,10,11,12,13). The van der Waals surface area contributed by atoms with Crippen LogP contribution in [0.5, 0.6) is 0 Å². The number of hydrazone groups is 1. The number of aromatic amines is 1. The smallest absolute Gasteiger partial charge is 0.254 e. The molecule has 7 heteroatoms. The number of nitrogens with zero attached hydrogens (tertiary/aromatic N) is 5. The van der Waals surface area contributed by atoms with E-state index in [1.165, 1.54) is 17.7 Å². The molecule has 0 spiro atoms. The molecule has 1 aliphatic rings. The van der Waals surface area contributed by atoms with Gasteiger partial charge in [0.25, 0.3) is 5.91 Å². The van der Waals surface area contributed by atoms with E-state index in [2.05, 4.69) is 25.0 Å². The van der Waals surface area contributed by atoms with Crippen LogP contribution < -0.4 is 5.01 Å². The maximum Gasteiger partial charge on any atom is 0.254 e. The molecule has 0 aromatic carbocycles. The van der Waals surface area contributed by atoms with E-state index in [1.54, 1.807) is 0 Å². The minimum Gasteiger partial charge on any atom is -0.340 e. The monoisotopic (exact) mass is 216 g/mol. The SMILES string of the molecule is CC1=NN(c2ncnc3nc[nH]c23)C(=O)C1. The molecule has 7 nitrogen and oxygen atoms in total. The molecule has 3 heterocycles. The van der Waals surface area contributed by atoms with Crippen LogP contribution in [0.2, 0.25) is 0 Å². The first-order chi connectivity index (χ1) is 7.75. The van der Waals surface area contributed by atoms with Crippen molar-refractivity contribution in [3.05, 3.63) is 12.7 Å². The number of fused-ring (bicyclic) bond motifs is 1. The van der Waals surface area contributed by atoms with Crippen LogP contribution in [-0.2, 0) is 4.79 Å². The zero-order valence-corrected chi connectivity index (χ0v) is 8.51. The first-order valence-corrected chi connectivity index (χ1v) is 4.77. The van der Waals surface area contributed by atoms with Gasteiger partial charge in [0.15, 0.2) is 11.5 Å². The van der Waals surface area contributed by atoms with E-state index in [4.69, 9.17) is 0 Å². The number of hydrogen-bond donors (Lipinski definition) is 1. The Hall–Kier alpha value is -2.31. The largest absolute Gasteiger partial charge is 0.340 e. The molecule has 0 saturated heterocycles. The van der Waals surface area contributed by atoms with Gasteiger partial charge in [-0.15, -0.1) is 0 Å². The van der Waals surface area contributed by atoms with Crippen molar-refractivity contribution in [3.8, 4) is 0 Å². The van der Waals surface area contributed by atoms with Crippen LogP contribution in [0, 0.1) is 0 Å². The number of anilines is 1. The van der Waals surface area contributed by atoms with E-state index in [9.17, 15) is 4.79 Å². The van der Waals surface area contributed by atoms with Crippen LogP contribution >= 0.6 is 0 Å². The number of carbonyl (C=O) groups is 1. The Bertz CT molecular complexity index is 601. The van der Waals surface area contributed by atoms with Crippen molar-refractivity contribution in [3.63, 3.8) is 0 Å². The second-order valence-corrected chi connectivity index (χ2v) is 3.52. The molecule has 0 radical (unpaired) electrons. The summed E-state index contributed by atoms with van der Waals surface area (Å²) in [7, 11) is 0. The molecule has 1 aliphatic heterocycles. The summed E-state index contributed by atoms with van der Waals surface area (Å²) in [5.74, 6) is 0.358. The van der Waals surface area contributed by atoms with Crippen molar-refractivity contribution in [2.45, 2.75) is 13.3 Å². The van der Waals surface area contributed by atoms with Gasteiger partial charge in [-0.3, -0.25) is 4.79 Å². The third-order valence-corrected chi connectivity index (χ3v) is 2.32. The summed E-state index contributed by atoms with van der Waals surface area (Å²) in [6.45, 7) is 1.81. The highest BCUT2D eigenvalue weighted by Gasteiger charge is 2.26. The van der Waals surface area contributed by atoms with Crippen molar-refractivity contribution in [1.29, 1.82) is 0 Å². The molecule has 1 N–H and O–H groups in total. The lowest BCUT2D eigenvalue weighted by Gasteiger charge is -2.09. The molecule has 0 atom stereocenters. The fourth-order valence-corrected chi connectivity index (χ4v) is 1.63. The maximum absolute atomic E-state index is 11.7. The van der Waals surface area contributed by atoms with Gasteiger partial charge in [0.2, 0.25) is 0 Å². The number of carbonyl (C=O) groups excluding carboxylic acids is 1. The minimum absolute atomic E-state index is 0.0906. The molecule has 2 aromatic heterocycles. The summed E-state index contributed by atoms with van der Waals surface area (Å²) >= 11 is 0. The molecule has 1 amide bonds. The average molecular weight is 216 g/mol. The van der Waals surface area contributed by atoms with Gasteiger partial charge in [-0.05, 0) is 6.92 Å². The quantitative estimate of drug-likeness (QED) is 0.750. The van der Waals surface area contributed by atoms with Crippen LogP contribution in [0.4, 0.5) is 5.82 Å². The van der Waals surface area contributed by atoms with Crippen LogP contribution in [0.1, 0.15) is 13.3 Å². The molecular formula is C9H8N6O. The second-order valence-electron chi connectivity index (χ2n) is 3.52. The summed E-state index contributed by atoms with van der Waals surface area (Å²) < 4.78 is 0. The highest BCUT2D eigenvalue weighted by Crippen LogP contribution is 2.23. The Morgan fingerprint density at radius 2 is 2.25 bits per heavy atom. The van der Waals surface area contributed by atoms with E-state index in [-0.39, 0.29) is 5.91 Å². The van der Waals surface area contributed by atoms with Gasteiger partial charge in [-0.2, -0.15) is 10.1 Å². The zero-order chi connectivity index (χ0) is 11.1. The Morgan fingerprint density at radius 3 is 3.00 bits per heavy atom. The van der Waals surface area contributed by atoms with E-state index in [0.29, 0.717) is 23.4 Å².